The van der Waals surface area contributed by atoms with E-state index in [2.05, 4.69) is 21.5 Å². The zero-order chi connectivity index (χ0) is 14.8. The molecule has 0 atom stereocenters. The third kappa shape index (κ3) is 2.54. The molecule has 6 heteroatoms. The normalized spacial score (nSPS) is 11.1. The number of benzene rings is 1. The van der Waals surface area contributed by atoms with E-state index in [0.717, 1.165) is 29.9 Å². The van der Waals surface area contributed by atoms with Gasteiger partial charge in [0.2, 0.25) is 0 Å². The number of thiazole rings is 1. The van der Waals surface area contributed by atoms with Gasteiger partial charge in [0.25, 0.3) is 0 Å². The number of aromatic nitrogens is 3. The van der Waals surface area contributed by atoms with Crippen molar-refractivity contribution in [3.63, 3.8) is 0 Å². The monoisotopic (exact) mass is 301 g/mol. The third-order valence-electron chi connectivity index (χ3n) is 3.37. The Kier molecular flexibility index (Phi) is 3.70. The van der Waals surface area contributed by atoms with E-state index in [-0.39, 0.29) is 5.56 Å². The molecule has 0 unspecified atom stereocenters. The number of nitrogens with zero attached hydrogens (tertiary/aromatic N) is 3. The fourth-order valence-electron chi connectivity index (χ4n) is 2.44. The molecule has 21 heavy (non-hydrogen) atoms. The summed E-state index contributed by atoms with van der Waals surface area (Å²) in [6, 6.07) is 5.28. The number of aromatic carboxylic acids is 1. The average molecular weight is 301 g/mol. The van der Waals surface area contributed by atoms with E-state index < -0.39 is 5.97 Å². The zero-order valence-electron chi connectivity index (χ0n) is 11.6. The first kappa shape index (κ1) is 13.8. The van der Waals surface area contributed by atoms with Crippen molar-refractivity contribution in [1.29, 1.82) is 0 Å². The number of carboxylic acid groups (broad SMARTS) is 1. The Bertz CT molecular complexity index is 778. The molecule has 0 spiro atoms. The molecule has 1 aromatic carbocycles. The Morgan fingerprint density at radius 3 is 2.95 bits per heavy atom. The van der Waals surface area contributed by atoms with Crippen LogP contribution in [0, 0.1) is 0 Å². The quantitative estimate of drug-likeness (QED) is 0.786. The van der Waals surface area contributed by atoms with Crippen LogP contribution in [0.25, 0.3) is 11.0 Å². The molecule has 0 bridgehead atoms. The molecule has 0 aliphatic carbocycles. The van der Waals surface area contributed by atoms with Crippen molar-refractivity contribution in [3.05, 3.63) is 46.2 Å². The molecule has 3 rings (SSSR count). The van der Waals surface area contributed by atoms with Crippen molar-refractivity contribution in [3.8, 4) is 0 Å². The molecule has 0 amide bonds. The maximum absolute atomic E-state index is 11.4. The molecule has 0 aliphatic rings. The van der Waals surface area contributed by atoms with E-state index in [4.69, 9.17) is 0 Å². The first-order chi connectivity index (χ1) is 10.2. The molecule has 2 aromatic heterocycles. The largest absolute Gasteiger partial charge is 0.478 e. The maximum atomic E-state index is 11.4. The highest BCUT2D eigenvalue weighted by Crippen LogP contribution is 2.22. The summed E-state index contributed by atoms with van der Waals surface area (Å²) in [5.41, 5.74) is 4.44. The van der Waals surface area contributed by atoms with Gasteiger partial charge in [-0.05, 0) is 18.6 Å². The van der Waals surface area contributed by atoms with Crippen molar-refractivity contribution in [2.45, 2.75) is 26.3 Å². The Balaban J connectivity index is 2.17. The summed E-state index contributed by atoms with van der Waals surface area (Å²) < 4.78 is 2.07. The van der Waals surface area contributed by atoms with Gasteiger partial charge in [-0.2, -0.15) is 0 Å². The summed E-state index contributed by atoms with van der Waals surface area (Å²) in [6.45, 7) is 2.71. The summed E-state index contributed by atoms with van der Waals surface area (Å²) in [6.07, 6.45) is 1.78. The van der Waals surface area contributed by atoms with Crippen LogP contribution in [-0.2, 0) is 13.0 Å². The van der Waals surface area contributed by atoms with Crippen LogP contribution in [-0.4, -0.2) is 25.6 Å². The van der Waals surface area contributed by atoms with Crippen molar-refractivity contribution < 1.29 is 9.90 Å². The zero-order valence-corrected chi connectivity index (χ0v) is 12.4. The molecule has 0 aliphatic heterocycles. The average Bonchev–Trinajstić information content (AvgIpc) is 3.08. The van der Waals surface area contributed by atoms with E-state index in [0.29, 0.717) is 12.1 Å². The fourth-order valence-corrected chi connectivity index (χ4v) is 2.99. The Morgan fingerprint density at radius 1 is 1.43 bits per heavy atom. The molecule has 3 aromatic rings. The van der Waals surface area contributed by atoms with Gasteiger partial charge >= 0.3 is 5.97 Å². The van der Waals surface area contributed by atoms with Crippen LogP contribution in [0.4, 0.5) is 0 Å². The fraction of sp³-hybridized carbons (Fsp3) is 0.267. The number of hydrogen-bond acceptors (Lipinski definition) is 4. The van der Waals surface area contributed by atoms with Crippen molar-refractivity contribution in [1.82, 2.24) is 14.5 Å². The molecular formula is C15H15N3O2S. The van der Waals surface area contributed by atoms with Gasteiger partial charge in [-0.1, -0.05) is 13.0 Å². The number of aryl methyl sites for hydroxylation is 1. The maximum Gasteiger partial charge on any atom is 0.337 e. The first-order valence-corrected chi connectivity index (χ1v) is 7.73. The lowest BCUT2D eigenvalue weighted by Crippen LogP contribution is -2.05. The van der Waals surface area contributed by atoms with E-state index in [9.17, 15) is 9.90 Å². The summed E-state index contributed by atoms with van der Waals surface area (Å²) >= 11 is 1.56. The molecule has 0 saturated carbocycles. The lowest BCUT2D eigenvalue weighted by molar-refractivity contribution is 0.0699. The summed E-state index contributed by atoms with van der Waals surface area (Å²) in [7, 11) is 0. The van der Waals surface area contributed by atoms with Crippen LogP contribution in [0.5, 0.6) is 0 Å². The highest BCUT2D eigenvalue weighted by atomic mass is 32.1. The minimum atomic E-state index is -0.943. The van der Waals surface area contributed by atoms with E-state index in [1.165, 1.54) is 0 Å². The van der Waals surface area contributed by atoms with Crippen LogP contribution in [0.2, 0.25) is 0 Å². The number of imidazole rings is 1. The van der Waals surface area contributed by atoms with Gasteiger partial charge in [-0.3, -0.25) is 0 Å². The number of hydrogen-bond donors (Lipinski definition) is 1. The second kappa shape index (κ2) is 5.65. The number of carboxylic acids is 1. The van der Waals surface area contributed by atoms with Crippen molar-refractivity contribution >= 4 is 28.3 Å². The minimum Gasteiger partial charge on any atom is -0.478 e. The standard InChI is InChI=1S/C15H15N3O2S/c1-2-4-13-17-14-11(15(19)20)5-3-6-12(14)18(13)7-10-8-21-9-16-10/h3,5-6,8-9H,2,4,7H2,1H3,(H,19,20). The Labute approximate surface area is 125 Å². The number of carbonyl (C=O) groups is 1. The van der Waals surface area contributed by atoms with E-state index >= 15 is 0 Å². The summed E-state index contributed by atoms with van der Waals surface area (Å²) in [4.78, 5) is 20.2. The molecule has 1 N–H and O–H groups in total. The SMILES string of the molecule is CCCc1nc2c(C(=O)O)cccc2n1Cc1cscn1. The number of rotatable bonds is 5. The lowest BCUT2D eigenvalue weighted by atomic mass is 10.2. The van der Waals surface area contributed by atoms with Crippen molar-refractivity contribution in [2.75, 3.05) is 0 Å². The number of para-hydroxylation sites is 1. The first-order valence-electron chi connectivity index (χ1n) is 6.79. The van der Waals surface area contributed by atoms with E-state index in [1.54, 1.807) is 29.0 Å². The predicted molar refractivity (Wildman–Crippen MR) is 81.9 cm³/mol. The molecule has 2 heterocycles. The van der Waals surface area contributed by atoms with Gasteiger partial charge < -0.3 is 9.67 Å². The van der Waals surface area contributed by atoms with Gasteiger partial charge in [0.15, 0.2) is 0 Å². The highest BCUT2D eigenvalue weighted by Gasteiger charge is 2.16. The van der Waals surface area contributed by atoms with Crippen LogP contribution in [0.15, 0.2) is 29.1 Å². The molecule has 108 valence electrons. The Morgan fingerprint density at radius 2 is 2.29 bits per heavy atom. The smallest absolute Gasteiger partial charge is 0.337 e. The highest BCUT2D eigenvalue weighted by molar-refractivity contribution is 7.07. The van der Waals surface area contributed by atoms with Crippen LogP contribution >= 0.6 is 11.3 Å². The molecular weight excluding hydrogens is 286 g/mol. The predicted octanol–water partition coefficient (Wildman–Crippen LogP) is 3.19. The second-order valence-electron chi connectivity index (χ2n) is 4.82. The topological polar surface area (TPSA) is 68.0 Å². The molecule has 0 radical (unpaired) electrons. The second-order valence-corrected chi connectivity index (χ2v) is 5.54. The number of fused-ring (bicyclic) bond motifs is 1. The molecule has 0 saturated heterocycles. The van der Waals surface area contributed by atoms with Gasteiger partial charge in [-0.25, -0.2) is 14.8 Å². The van der Waals surface area contributed by atoms with Gasteiger partial charge in [0, 0.05) is 11.8 Å². The van der Waals surface area contributed by atoms with Crippen LogP contribution in [0.1, 0.15) is 35.2 Å². The van der Waals surface area contributed by atoms with Gasteiger partial charge in [0.05, 0.1) is 28.8 Å². The van der Waals surface area contributed by atoms with Crippen LogP contribution in [0.3, 0.4) is 0 Å². The van der Waals surface area contributed by atoms with Crippen molar-refractivity contribution in [2.24, 2.45) is 0 Å². The lowest BCUT2D eigenvalue weighted by Gasteiger charge is -2.06. The van der Waals surface area contributed by atoms with Gasteiger partial charge in [0.1, 0.15) is 11.3 Å². The summed E-state index contributed by atoms with van der Waals surface area (Å²) in [5, 5.41) is 11.3. The Hall–Kier alpha value is -2.21. The third-order valence-corrected chi connectivity index (χ3v) is 4.00. The van der Waals surface area contributed by atoms with Gasteiger partial charge in [-0.15, -0.1) is 11.3 Å². The summed E-state index contributed by atoms with van der Waals surface area (Å²) in [5.74, 6) is -0.0313. The minimum absolute atomic E-state index is 0.252. The van der Waals surface area contributed by atoms with Crippen LogP contribution < -0.4 is 0 Å². The van der Waals surface area contributed by atoms with E-state index in [1.807, 2.05) is 11.4 Å². The molecule has 0 fully saturated rings. The molecule has 5 nitrogen and oxygen atoms in total.